The van der Waals surface area contributed by atoms with Gasteiger partial charge in [-0.3, -0.25) is 9.59 Å². The minimum atomic E-state index is 0.00802. The molecule has 5 nitrogen and oxygen atoms in total. The van der Waals surface area contributed by atoms with Crippen LogP contribution in [0.25, 0.3) is 0 Å². The second kappa shape index (κ2) is 6.71. The van der Waals surface area contributed by atoms with Gasteiger partial charge < -0.3 is 16.0 Å². The standard InChI is InChI=1S/C16H21N3O2S/c17-10-12-3-1-2-7-19(12)16(21)11-4-5-14-13(9-11)18-15(20)6-8-22-14/h4-5,9,12H,1-3,6-8,10,17H2,(H,18,20). The molecule has 1 aromatic rings. The lowest BCUT2D eigenvalue weighted by atomic mass is 10.0. The number of hydrogen-bond acceptors (Lipinski definition) is 4. The average molecular weight is 319 g/mol. The highest BCUT2D eigenvalue weighted by Crippen LogP contribution is 2.32. The lowest BCUT2D eigenvalue weighted by molar-refractivity contribution is -0.115. The van der Waals surface area contributed by atoms with Gasteiger partial charge in [0, 0.05) is 41.8 Å². The summed E-state index contributed by atoms with van der Waals surface area (Å²) >= 11 is 1.65. The molecule has 6 heteroatoms. The first-order valence-electron chi connectivity index (χ1n) is 7.77. The van der Waals surface area contributed by atoms with E-state index in [0.29, 0.717) is 18.5 Å². The van der Waals surface area contributed by atoms with Crippen molar-refractivity contribution in [2.75, 3.05) is 24.2 Å². The first-order chi connectivity index (χ1) is 10.7. The predicted molar refractivity (Wildman–Crippen MR) is 88.1 cm³/mol. The van der Waals surface area contributed by atoms with Gasteiger partial charge in [0.25, 0.3) is 5.91 Å². The number of anilines is 1. The van der Waals surface area contributed by atoms with Crippen molar-refractivity contribution in [1.82, 2.24) is 4.90 Å². The van der Waals surface area contributed by atoms with E-state index in [0.717, 1.165) is 42.1 Å². The number of thioether (sulfide) groups is 1. The summed E-state index contributed by atoms with van der Waals surface area (Å²) in [6.07, 6.45) is 3.63. The summed E-state index contributed by atoms with van der Waals surface area (Å²) in [7, 11) is 0. The zero-order chi connectivity index (χ0) is 15.5. The van der Waals surface area contributed by atoms with Crippen molar-refractivity contribution in [3.05, 3.63) is 23.8 Å². The van der Waals surface area contributed by atoms with Crippen molar-refractivity contribution in [3.63, 3.8) is 0 Å². The van der Waals surface area contributed by atoms with Gasteiger partial charge in [-0.25, -0.2) is 0 Å². The molecular formula is C16H21N3O2S. The third kappa shape index (κ3) is 3.13. The van der Waals surface area contributed by atoms with Crippen LogP contribution in [0.3, 0.4) is 0 Å². The van der Waals surface area contributed by atoms with Crippen LogP contribution >= 0.6 is 11.8 Å². The number of piperidine rings is 1. The van der Waals surface area contributed by atoms with Crippen molar-refractivity contribution in [2.24, 2.45) is 5.73 Å². The number of benzene rings is 1. The molecule has 1 saturated heterocycles. The molecule has 0 bridgehead atoms. The summed E-state index contributed by atoms with van der Waals surface area (Å²) < 4.78 is 0. The van der Waals surface area contributed by atoms with Crippen LogP contribution in [0.1, 0.15) is 36.0 Å². The molecule has 0 aliphatic carbocycles. The summed E-state index contributed by atoms with van der Waals surface area (Å²) in [4.78, 5) is 27.4. The van der Waals surface area contributed by atoms with Gasteiger partial charge in [0.15, 0.2) is 0 Å². The molecule has 1 unspecified atom stereocenters. The van der Waals surface area contributed by atoms with Gasteiger partial charge in [-0.1, -0.05) is 0 Å². The Balaban J connectivity index is 1.85. The number of amides is 2. The Morgan fingerprint density at radius 1 is 1.41 bits per heavy atom. The van der Waals surface area contributed by atoms with Crippen LogP contribution < -0.4 is 11.1 Å². The minimum Gasteiger partial charge on any atom is -0.334 e. The molecule has 1 fully saturated rings. The summed E-state index contributed by atoms with van der Waals surface area (Å²) in [5.74, 6) is 0.795. The third-order valence-corrected chi connectivity index (χ3v) is 5.32. The van der Waals surface area contributed by atoms with Crippen LogP contribution in [0.4, 0.5) is 5.69 Å². The maximum Gasteiger partial charge on any atom is 0.254 e. The topological polar surface area (TPSA) is 75.4 Å². The van der Waals surface area contributed by atoms with Crippen LogP contribution in [0.5, 0.6) is 0 Å². The highest BCUT2D eigenvalue weighted by Gasteiger charge is 2.27. The van der Waals surface area contributed by atoms with E-state index in [1.807, 2.05) is 17.0 Å². The van der Waals surface area contributed by atoms with E-state index < -0.39 is 0 Å². The van der Waals surface area contributed by atoms with Gasteiger partial charge >= 0.3 is 0 Å². The summed E-state index contributed by atoms with van der Waals surface area (Å²) in [5, 5.41) is 2.89. The van der Waals surface area contributed by atoms with E-state index in [-0.39, 0.29) is 17.9 Å². The molecule has 2 amide bonds. The van der Waals surface area contributed by atoms with Crippen LogP contribution in [0.15, 0.2) is 23.1 Å². The maximum absolute atomic E-state index is 12.8. The molecule has 0 saturated carbocycles. The fourth-order valence-corrected chi connectivity index (χ4v) is 3.97. The van der Waals surface area contributed by atoms with Crippen LogP contribution in [0, 0.1) is 0 Å². The van der Waals surface area contributed by atoms with Crippen molar-refractivity contribution in [3.8, 4) is 0 Å². The zero-order valence-electron chi connectivity index (χ0n) is 12.5. The molecule has 2 heterocycles. The summed E-state index contributed by atoms with van der Waals surface area (Å²) in [6.45, 7) is 1.27. The Labute approximate surface area is 134 Å². The first-order valence-corrected chi connectivity index (χ1v) is 8.75. The van der Waals surface area contributed by atoms with E-state index in [1.165, 1.54) is 0 Å². The molecule has 3 rings (SSSR count). The van der Waals surface area contributed by atoms with Crippen LogP contribution in [0.2, 0.25) is 0 Å². The number of carbonyl (C=O) groups excluding carboxylic acids is 2. The highest BCUT2D eigenvalue weighted by molar-refractivity contribution is 7.99. The molecule has 2 aliphatic rings. The van der Waals surface area contributed by atoms with E-state index in [2.05, 4.69) is 5.32 Å². The average Bonchev–Trinajstić information content (AvgIpc) is 2.73. The number of fused-ring (bicyclic) bond motifs is 1. The number of carbonyl (C=O) groups is 2. The molecule has 1 atom stereocenters. The Morgan fingerprint density at radius 2 is 2.27 bits per heavy atom. The second-order valence-electron chi connectivity index (χ2n) is 5.74. The van der Waals surface area contributed by atoms with Crippen LogP contribution in [-0.4, -0.2) is 41.6 Å². The maximum atomic E-state index is 12.8. The first kappa shape index (κ1) is 15.4. The smallest absolute Gasteiger partial charge is 0.254 e. The number of nitrogens with zero attached hydrogens (tertiary/aromatic N) is 1. The Kier molecular flexibility index (Phi) is 4.69. The van der Waals surface area contributed by atoms with E-state index in [9.17, 15) is 9.59 Å². The van der Waals surface area contributed by atoms with E-state index in [4.69, 9.17) is 5.73 Å². The van der Waals surface area contributed by atoms with Gasteiger partial charge in [0.1, 0.15) is 0 Å². The lowest BCUT2D eigenvalue weighted by Gasteiger charge is -2.35. The Hall–Kier alpha value is -1.53. The second-order valence-corrected chi connectivity index (χ2v) is 6.88. The summed E-state index contributed by atoms with van der Waals surface area (Å²) in [5.41, 5.74) is 7.18. The van der Waals surface area contributed by atoms with Crippen molar-refractivity contribution < 1.29 is 9.59 Å². The van der Waals surface area contributed by atoms with Gasteiger partial charge in [-0.2, -0.15) is 0 Å². The highest BCUT2D eigenvalue weighted by atomic mass is 32.2. The Morgan fingerprint density at radius 3 is 3.09 bits per heavy atom. The molecule has 0 aromatic heterocycles. The number of likely N-dealkylation sites (tertiary alicyclic amines) is 1. The number of hydrogen-bond donors (Lipinski definition) is 2. The Bertz CT molecular complexity index is 591. The number of nitrogens with two attached hydrogens (primary N) is 1. The van der Waals surface area contributed by atoms with Gasteiger partial charge in [0.05, 0.1) is 5.69 Å². The monoisotopic (exact) mass is 319 g/mol. The largest absolute Gasteiger partial charge is 0.334 e. The van der Waals surface area contributed by atoms with Gasteiger partial charge in [-0.15, -0.1) is 11.8 Å². The molecule has 118 valence electrons. The van der Waals surface area contributed by atoms with Gasteiger partial charge in [-0.05, 0) is 37.5 Å². The van der Waals surface area contributed by atoms with Crippen LogP contribution in [-0.2, 0) is 4.79 Å². The molecular weight excluding hydrogens is 298 g/mol. The number of rotatable bonds is 2. The zero-order valence-corrected chi connectivity index (χ0v) is 13.3. The normalized spacial score (nSPS) is 21.8. The molecule has 0 radical (unpaired) electrons. The fourth-order valence-electron chi connectivity index (χ4n) is 3.03. The summed E-state index contributed by atoms with van der Waals surface area (Å²) in [6, 6.07) is 5.72. The van der Waals surface area contributed by atoms with E-state index in [1.54, 1.807) is 17.8 Å². The minimum absolute atomic E-state index is 0.00802. The molecule has 0 spiro atoms. The molecule has 3 N–H and O–H groups in total. The predicted octanol–water partition coefficient (Wildman–Crippen LogP) is 2.07. The fraction of sp³-hybridized carbons (Fsp3) is 0.500. The third-order valence-electron chi connectivity index (χ3n) is 4.25. The SMILES string of the molecule is NCC1CCCCN1C(=O)c1ccc2c(c1)NC(=O)CCS2. The molecule has 22 heavy (non-hydrogen) atoms. The van der Waals surface area contributed by atoms with Gasteiger partial charge in [0.2, 0.25) is 5.91 Å². The molecule has 2 aliphatic heterocycles. The van der Waals surface area contributed by atoms with Crippen molar-refractivity contribution in [2.45, 2.75) is 36.6 Å². The van der Waals surface area contributed by atoms with E-state index >= 15 is 0 Å². The lowest BCUT2D eigenvalue weighted by Crippen LogP contribution is -2.47. The molecule has 1 aromatic carbocycles. The quantitative estimate of drug-likeness (QED) is 0.875. The van der Waals surface area contributed by atoms with Crippen molar-refractivity contribution >= 4 is 29.3 Å². The number of nitrogens with one attached hydrogen (secondary N) is 1. The van der Waals surface area contributed by atoms with Crippen molar-refractivity contribution in [1.29, 1.82) is 0 Å².